The van der Waals surface area contributed by atoms with Crippen molar-refractivity contribution >= 4 is 43.9 Å². The van der Waals surface area contributed by atoms with Gasteiger partial charge in [-0.05, 0) is 103 Å². The van der Waals surface area contributed by atoms with Gasteiger partial charge in [0, 0.05) is 69.6 Å². The summed E-state index contributed by atoms with van der Waals surface area (Å²) in [5, 5.41) is 4.06. The Hall–Kier alpha value is -7.52. The average molecular weight is 686 g/mol. The number of hydrogen-bond acceptors (Lipinski definition) is 8. The maximum atomic E-state index is 6.47. The lowest BCUT2D eigenvalue weighted by molar-refractivity contribution is 0.483. The fourth-order valence-corrected chi connectivity index (χ4v) is 6.66. The molecular formula is C44H27N7O2. The lowest BCUT2D eigenvalue weighted by atomic mass is 10.1. The smallest absolute Gasteiger partial charge is 0.234 e. The number of pyridine rings is 4. The van der Waals surface area contributed by atoms with Crippen molar-refractivity contribution in [1.82, 2.24) is 34.5 Å². The molecule has 10 rings (SSSR count). The maximum absolute atomic E-state index is 6.47. The zero-order valence-corrected chi connectivity index (χ0v) is 28.0. The van der Waals surface area contributed by atoms with Crippen LogP contribution in [0.1, 0.15) is 0 Å². The molecule has 0 spiro atoms. The van der Waals surface area contributed by atoms with E-state index in [1.807, 2.05) is 126 Å². The van der Waals surface area contributed by atoms with Crippen LogP contribution in [0, 0.1) is 0 Å². The number of benzene rings is 4. The van der Waals surface area contributed by atoms with E-state index in [-0.39, 0.29) is 0 Å². The van der Waals surface area contributed by atoms with E-state index in [1.54, 1.807) is 30.9 Å². The van der Waals surface area contributed by atoms with Gasteiger partial charge in [-0.3, -0.25) is 4.57 Å². The van der Waals surface area contributed by atoms with Gasteiger partial charge in [0.05, 0.1) is 22.4 Å². The molecule has 250 valence electrons. The minimum Gasteiger partial charge on any atom is -0.457 e. The third kappa shape index (κ3) is 5.72. The summed E-state index contributed by atoms with van der Waals surface area (Å²) in [4.78, 5) is 27.6. The topological polar surface area (TPSA) is 101 Å². The molecule has 0 aliphatic carbocycles. The first kappa shape index (κ1) is 30.3. The zero-order chi connectivity index (χ0) is 35.1. The molecule has 0 saturated heterocycles. The fraction of sp³-hybridized carbons (Fsp3) is 0. The van der Waals surface area contributed by atoms with Crippen LogP contribution < -0.4 is 9.47 Å². The van der Waals surface area contributed by atoms with Crippen LogP contribution in [-0.4, -0.2) is 34.5 Å². The van der Waals surface area contributed by atoms with E-state index in [0.29, 0.717) is 40.2 Å². The van der Waals surface area contributed by atoms with Gasteiger partial charge in [0.25, 0.3) is 0 Å². The molecule has 0 aliphatic heterocycles. The third-order valence-electron chi connectivity index (χ3n) is 9.12. The highest BCUT2D eigenvalue weighted by Crippen LogP contribution is 2.38. The van der Waals surface area contributed by atoms with Crippen LogP contribution in [0.2, 0.25) is 0 Å². The highest BCUT2D eigenvalue weighted by Gasteiger charge is 2.17. The Labute approximate surface area is 302 Å². The summed E-state index contributed by atoms with van der Waals surface area (Å²) in [6.45, 7) is 0. The van der Waals surface area contributed by atoms with Crippen molar-refractivity contribution < 1.29 is 9.47 Å². The summed E-state index contributed by atoms with van der Waals surface area (Å²) in [5.74, 6) is 3.27. The van der Waals surface area contributed by atoms with Crippen molar-refractivity contribution in [2.24, 2.45) is 0 Å². The first-order valence-electron chi connectivity index (χ1n) is 17.1. The largest absolute Gasteiger partial charge is 0.457 e. The molecule has 4 aromatic carbocycles. The van der Waals surface area contributed by atoms with Crippen LogP contribution in [0.15, 0.2) is 164 Å². The van der Waals surface area contributed by atoms with Gasteiger partial charge in [0.1, 0.15) is 23.0 Å². The monoisotopic (exact) mass is 685 g/mol. The molecule has 0 aliphatic rings. The standard InChI is InChI=1S/C44H27N7O2/c1-6-30(38-18-12-28-8-3-20-45-42(28)49-38)24-32(10-1)52-34-14-16-36-37-17-15-35(27-41(37)51(40(36)26-34)44-47-22-5-23-48-44)53-33-11-2-7-31(25-33)39-19-13-29-9-4-21-46-43(29)50-39/h1-27H. The van der Waals surface area contributed by atoms with Crippen molar-refractivity contribution in [2.75, 3.05) is 0 Å². The molecule has 10 aromatic rings. The Morgan fingerprint density at radius 2 is 0.887 bits per heavy atom. The number of nitrogens with zero attached hydrogens (tertiary/aromatic N) is 7. The van der Waals surface area contributed by atoms with Gasteiger partial charge in [-0.1, -0.05) is 24.3 Å². The molecule has 53 heavy (non-hydrogen) atoms. The minimum atomic E-state index is 0.540. The Kier molecular flexibility index (Phi) is 7.25. The van der Waals surface area contributed by atoms with Crippen molar-refractivity contribution in [2.45, 2.75) is 0 Å². The van der Waals surface area contributed by atoms with E-state index in [4.69, 9.17) is 19.4 Å². The van der Waals surface area contributed by atoms with E-state index < -0.39 is 0 Å². The SMILES string of the molecule is c1cnc(-n2c3cc(Oc4cccc(-c5ccc6cccnc6n5)c4)ccc3c3ccc(Oc4cccc(-c5ccc6cccnc6n5)c4)cc32)nc1. The van der Waals surface area contributed by atoms with Crippen LogP contribution in [0.25, 0.3) is 72.3 Å². The molecule has 0 fully saturated rings. The second-order valence-electron chi connectivity index (χ2n) is 12.5. The quantitative estimate of drug-likeness (QED) is 0.163. The Morgan fingerprint density at radius 3 is 1.42 bits per heavy atom. The van der Waals surface area contributed by atoms with Crippen LogP contribution in [-0.2, 0) is 0 Å². The van der Waals surface area contributed by atoms with E-state index in [0.717, 1.165) is 55.1 Å². The second kappa shape index (κ2) is 12.7. The molecule has 0 radical (unpaired) electrons. The third-order valence-corrected chi connectivity index (χ3v) is 9.12. The highest BCUT2D eigenvalue weighted by molar-refractivity contribution is 6.09. The van der Waals surface area contributed by atoms with Crippen molar-refractivity contribution in [3.63, 3.8) is 0 Å². The van der Waals surface area contributed by atoms with Gasteiger partial charge in [0.2, 0.25) is 5.95 Å². The maximum Gasteiger partial charge on any atom is 0.234 e. The van der Waals surface area contributed by atoms with Crippen molar-refractivity contribution in [3.8, 4) is 51.5 Å². The predicted molar refractivity (Wildman–Crippen MR) is 206 cm³/mol. The first-order valence-corrected chi connectivity index (χ1v) is 17.1. The summed E-state index contributed by atoms with van der Waals surface area (Å²) in [5.41, 5.74) is 6.73. The van der Waals surface area contributed by atoms with E-state index >= 15 is 0 Å². The van der Waals surface area contributed by atoms with Gasteiger partial charge in [-0.25, -0.2) is 29.9 Å². The second-order valence-corrected chi connectivity index (χ2v) is 12.5. The molecule has 0 unspecified atom stereocenters. The number of rotatable bonds is 7. The van der Waals surface area contributed by atoms with Gasteiger partial charge in [-0.2, -0.15) is 0 Å². The van der Waals surface area contributed by atoms with Gasteiger partial charge < -0.3 is 9.47 Å². The van der Waals surface area contributed by atoms with Crippen LogP contribution in [0.3, 0.4) is 0 Å². The molecule has 6 aromatic heterocycles. The lowest BCUT2D eigenvalue weighted by Crippen LogP contribution is -2.00. The zero-order valence-electron chi connectivity index (χ0n) is 28.0. The van der Waals surface area contributed by atoms with E-state index in [9.17, 15) is 0 Å². The summed E-state index contributed by atoms with van der Waals surface area (Å²) in [6, 6.07) is 45.7. The van der Waals surface area contributed by atoms with Crippen molar-refractivity contribution in [3.05, 3.63) is 164 Å². The normalized spacial score (nSPS) is 11.4. The van der Waals surface area contributed by atoms with Crippen LogP contribution in [0.5, 0.6) is 23.0 Å². The Balaban J connectivity index is 1.00. The predicted octanol–water partition coefficient (Wildman–Crippen LogP) is 10.4. The molecule has 9 nitrogen and oxygen atoms in total. The van der Waals surface area contributed by atoms with E-state index in [2.05, 4.69) is 32.1 Å². The highest BCUT2D eigenvalue weighted by atomic mass is 16.5. The Bertz CT molecular complexity index is 2800. The molecule has 6 heterocycles. The van der Waals surface area contributed by atoms with Gasteiger partial charge in [0.15, 0.2) is 11.3 Å². The summed E-state index contributed by atoms with van der Waals surface area (Å²) in [6.07, 6.45) is 6.99. The molecule has 0 saturated carbocycles. The molecule has 0 atom stereocenters. The number of aromatic nitrogens is 7. The van der Waals surface area contributed by atoms with E-state index in [1.165, 1.54) is 0 Å². The van der Waals surface area contributed by atoms with Crippen LogP contribution >= 0.6 is 0 Å². The molecule has 0 bridgehead atoms. The van der Waals surface area contributed by atoms with Crippen molar-refractivity contribution in [1.29, 1.82) is 0 Å². The Morgan fingerprint density at radius 1 is 0.396 bits per heavy atom. The minimum absolute atomic E-state index is 0.540. The summed E-state index contributed by atoms with van der Waals surface area (Å²) >= 11 is 0. The first-order chi connectivity index (χ1) is 26.2. The summed E-state index contributed by atoms with van der Waals surface area (Å²) < 4.78 is 15.0. The molecule has 9 heteroatoms. The molecule has 0 amide bonds. The number of ether oxygens (including phenoxy) is 2. The van der Waals surface area contributed by atoms with Crippen LogP contribution in [0.4, 0.5) is 0 Å². The average Bonchev–Trinajstić information content (AvgIpc) is 3.53. The lowest BCUT2D eigenvalue weighted by Gasteiger charge is -2.10. The summed E-state index contributed by atoms with van der Waals surface area (Å²) in [7, 11) is 0. The number of hydrogen-bond donors (Lipinski definition) is 0. The fourth-order valence-electron chi connectivity index (χ4n) is 6.66. The molecular weight excluding hydrogens is 659 g/mol. The van der Waals surface area contributed by atoms with Gasteiger partial charge in [-0.15, -0.1) is 0 Å². The van der Waals surface area contributed by atoms with Gasteiger partial charge >= 0.3 is 0 Å². The molecule has 0 N–H and O–H groups in total. The number of fused-ring (bicyclic) bond motifs is 5.